The molecule has 0 bridgehead atoms. The summed E-state index contributed by atoms with van der Waals surface area (Å²) >= 11 is 0. The Bertz CT molecular complexity index is 416. The topological polar surface area (TPSA) is 0 Å². The highest BCUT2D eigenvalue weighted by molar-refractivity contribution is 5.65. The van der Waals surface area contributed by atoms with E-state index in [2.05, 4.69) is 79.7 Å². The molecule has 0 heterocycles. The molecule has 0 amide bonds. The van der Waals surface area contributed by atoms with E-state index >= 15 is 0 Å². The van der Waals surface area contributed by atoms with E-state index in [9.17, 15) is 0 Å². The minimum absolute atomic E-state index is 0.198. The van der Waals surface area contributed by atoms with Gasteiger partial charge in [0.05, 0.1) is 0 Å². The second-order valence-corrected chi connectivity index (χ2v) is 7.27. The molecule has 0 aliphatic rings. The lowest BCUT2D eigenvalue weighted by Crippen LogP contribution is -2.16. The molecule has 0 aliphatic carbocycles. The standard InChI is InChI=1S/C18H28/c1-9-13(2)14-10-15(17(3,4)5)12-16(11-14)18(6,7)8/h9-12H,1-8H3/b13-9-. The third-order valence-corrected chi connectivity index (χ3v) is 3.55. The van der Waals surface area contributed by atoms with Gasteiger partial charge in [0.2, 0.25) is 0 Å². The van der Waals surface area contributed by atoms with E-state index in [1.807, 2.05) is 0 Å². The van der Waals surface area contributed by atoms with Gasteiger partial charge in [0, 0.05) is 0 Å². The summed E-state index contributed by atoms with van der Waals surface area (Å²) in [7, 11) is 0. The van der Waals surface area contributed by atoms with Crippen LogP contribution >= 0.6 is 0 Å². The lowest BCUT2D eigenvalue weighted by atomic mass is 9.79. The van der Waals surface area contributed by atoms with Crippen LogP contribution in [-0.2, 0) is 10.8 Å². The molecule has 18 heavy (non-hydrogen) atoms. The van der Waals surface area contributed by atoms with Gasteiger partial charge in [-0.05, 0) is 46.9 Å². The van der Waals surface area contributed by atoms with Gasteiger partial charge < -0.3 is 0 Å². The second-order valence-electron chi connectivity index (χ2n) is 7.27. The molecule has 0 nitrogen and oxygen atoms in total. The average molecular weight is 244 g/mol. The maximum Gasteiger partial charge on any atom is -0.0132 e. The van der Waals surface area contributed by atoms with E-state index in [-0.39, 0.29) is 10.8 Å². The van der Waals surface area contributed by atoms with Crippen molar-refractivity contribution in [2.24, 2.45) is 0 Å². The minimum Gasteiger partial charge on any atom is -0.0841 e. The first kappa shape index (κ1) is 15.0. The number of allylic oxidation sites excluding steroid dienone is 2. The van der Waals surface area contributed by atoms with Crippen molar-refractivity contribution in [3.63, 3.8) is 0 Å². The summed E-state index contributed by atoms with van der Waals surface area (Å²) in [6, 6.07) is 7.04. The summed E-state index contributed by atoms with van der Waals surface area (Å²) < 4.78 is 0. The summed E-state index contributed by atoms with van der Waals surface area (Å²) in [4.78, 5) is 0. The van der Waals surface area contributed by atoms with Crippen LogP contribution in [0.2, 0.25) is 0 Å². The van der Waals surface area contributed by atoms with Crippen molar-refractivity contribution in [1.82, 2.24) is 0 Å². The van der Waals surface area contributed by atoms with Crippen LogP contribution in [-0.4, -0.2) is 0 Å². The third-order valence-electron chi connectivity index (χ3n) is 3.55. The quantitative estimate of drug-likeness (QED) is 0.594. The second kappa shape index (κ2) is 4.91. The molecule has 1 aromatic rings. The van der Waals surface area contributed by atoms with Crippen LogP contribution in [0, 0.1) is 0 Å². The minimum atomic E-state index is 0.198. The van der Waals surface area contributed by atoms with Crippen molar-refractivity contribution < 1.29 is 0 Å². The van der Waals surface area contributed by atoms with Crippen LogP contribution < -0.4 is 0 Å². The maximum absolute atomic E-state index is 2.37. The average Bonchev–Trinajstić information content (AvgIpc) is 2.25. The zero-order valence-electron chi connectivity index (χ0n) is 13.3. The van der Waals surface area contributed by atoms with Crippen molar-refractivity contribution in [3.8, 4) is 0 Å². The molecular weight excluding hydrogens is 216 g/mol. The number of benzene rings is 1. The van der Waals surface area contributed by atoms with E-state index in [1.165, 1.54) is 22.3 Å². The Balaban J connectivity index is 3.49. The van der Waals surface area contributed by atoms with Crippen LogP contribution in [0.25, 0.3) is 5.57 Å². The normalized spacial score (nSPS) is 13.9. The molecular formula is C18H28. The molecule has 0 atom stereocenters. The summed E-state index contributed by atoms with van der Waals surface area (Å²) in [5.74, 6) is 0. The van der Waals surface area contributed by atoms with Crippen LogP contribution in [0.3, 0.4) is 0 Å². The zero-order chi connectivity index (χ0) is 14.1. The third kappa shape index (κ3) is 3.48. The zero-order valence-corrected chi connectivity index (χ0v) is 13.3. The SMILES string of the molecule is C/C=C(/C)c1cc(C(C)(C)C)cc(C(C)(C)C)c1. The van der Waals surface area contributed by atoms with Crippen molar-refractivity contribution in [1.29, 1.82) is 0 Å². The number of hydrogen-bond acceptors (Lipinski definition) is 0. The largest absolute Gasteiger partial charge is 0.0841 e. The van der Waals surface area contributed by atoms with Gasteiger partial charge in [0.1, 0.15) is 0 Å². The van der Waals surface area contributed by atoms with Gasteiger partial charge in [-0.25, -0.2) is 0 Å². The van der Waals surface area contributed by atoms with E-state index in [0.717, 1.165) is 0 Å². The van der Waals surface area contributed by atoms with Gasteiger partial charge >= 0.3 is 0 Å². The molecule has 0 saturated heterocycles. The number of hydrogen-bond donors (Lipinski definition) is 0. The Hall–Kier alpha value is -1.04. The fourth-order valence-corrected chi connectivity index (χ4v) is 1.89. The fourth-order valence-electron chi connectivity index (χ4n) is 1.89. The van der Waals surface area contributed by atoms with Gasteiger partial charge in [-0.1, -0.05) is 65.8 Å². The van der Waals surface area contributed by atoms with Crippen molar-refractivity contribution >= 4 is 5.57 Å². The van der Waals surface area contributed by atoms with Gasteiger partial charge in [-0.2, -0.15) is 0 Å². The molecule has 0 aliphatic heterocycles. The van der Waals surface area contributed by atoms with Crippen LogP contribution in [0.4, 0.5) is 0 Å². The van der Waals surface area contributed by atoms with Crippen LogP contribution in [0.1, 0.15) is 72.1 Å². The summed E-state index contributed by atoms with van der Waals surface area (Å²) in [5.41, 5.74) is 5.95. The lowest BCUT2D eigenvalue weighted by molar-refractivity contribution is 0.568. The van der Waals surface area contributed by atoms with Crippen LogP contribution in [0.5, 0.6) is 0 Å². The Labute approximate surface area is 113 Å². The molecule has 0 fully saturated rings. The van der Waals surface area contributed by atoms with E-state index in [1.54, 1.807) is 0 Å². The fraction of sp³-hybridized carbons (Fsp3) is 0.556. The highest BCUT2D eigenvalue weighted by Crippen LogP contribution is 2.32. The van der Waals surface area contributed by atoms with Crippen molar-refractivity contribution in [2.75, 3.05) is 0 Å². The predicted molar refractivity (Wildman–Crippen MR) is 83.2 cm³/mol. The summed E-state index contributed by atoms with van der Waals surface area (Å²) in [5, 5.41) is 0. The first-order chi connectivity index (χ1) is 8.05. The van der Waals surface area contributed by atoms with Crippen molar-refractivity contribution in [3.05, 3.63) is 41.0 Å². The lowest BCUT2D eigenvalue weighted by Gasteiger charge is -2.26. The molecule has 0 unspecified atom stereocenters. The molecule has 0 heteroatoms. The molecule has 0 spiro atoms. The smallest absolute Gasteiger partial charge is 0.0132 e. The van der Waals surface area contributed by atoms with E-state index in [4.69, 9.17) is 0 Å². The Morgan fingerprint density at radius 3 is 1.50 bits per heavy atom. The Morgan fingerprint density at radius 1 is 0.833 bits per heavy atom. The highest BCUT2D eigenvalue weighted by Gasteiger charge is 2.20. The Kier molecular flexibility index (Phi) is 4.10. The van der Waals surface area contributed by atoms with Gasteiger partial charge in [0.15, 0.2) is 0 Å². The predicted octanol–water partition coefficient (Wildman–Crippen LogP) is 5.70. The molecule has 1 aromatic carbocycles. The van der Waals surface area contributed by atoms with Crippen LogP contribution in [0.15, 0.2) is 24.3 Å². The number of rotatable bonds is 1. The molecule has 100 valence electrons. The summed E-state index contributed by atoms with van der Waals surface area (Å²) in [6.07, 6.45) is 2.19. The van der Waals surface area contributed by atoms with Gasteiger partial charge in [0.25, 0.3) is 0 Å². The van der Waals surface area contributed by atoms with E-state index in [0.29, 0.717) is 0 Å². The molecule has 0 N–H and O–H groups in total. The molecule has 0 saturated carbocycles. The first-order valence-corrected chi connectivity index (χ1v) is 6.85. The first-order valence-electron chi connectivity index (χ1n) is 6.85. The van der Waals surface area contributed by atoms with Gasteiger partial charge in [-0.3, -0.25) is 0 Å². The highest BCUT2D eigenvalue weighted by atomic mass is 14.2. The van der Waals surface area contributed by atoms with Crippen molar-refractivity contribution in [2.45, 2.75) is 66.2 Å². The van der Waals surface area contributed by atoms with Gasteiger partial charge in [-0.15, -0.1) is 0 Å². The Morgan fingerprint density at radius 2 is 1.22 bits per heavy atom. The monoisotopic (exact) mass is 244 g/mol. The summed E-state index contributed by atoms with van der Waals surface area (Å²) in [6.45, 7) is 18.0. The van der Waals surface area contributed by atoms with E-state index < -0.39 is 0 Å². The maximum atomic E-state index is 2.37. The molecule has 0 radical (unpaired) electrons. The molecule has 1 rings (SSSR count). The molecule has 0 aromatic heterocycles.